The highest BCUT2D eigenvalue weighted by Gasteiger charge is 2.30. The molecule has 2 nitrogen and oxygen atoms in total. The van der Waals surface area contributed by atoms with Crippen molar-refractivity contribution in [1.29, 1.82) is 0 Å². The van der Waals surface area contributed by atoms with Crippen molar-refractivity contribution in [3.05, 3.63) is 59.2 Å². The second-order valence-electron chi connectivity index (χ2n) is 4.32. The van der Waals surface area contributed by atoms with Crippen molar-refractivity contribution in [2.45, 2.75) is 6.18 Å². The number of alkyl halides is 3. The minimum Gasteiger partial charge on any atom is -0.239 e. The van der Waals surface area contributed by atoms with Gasteiger partial charge in [0.2, 0.25) is 0 Å². The van der Waals surface area contributed by atoms with Gasteiger partial charge in [-0.05, 0) is 30.3 Å². The lowest BCUT2D eigenvalue weighted by molar-refractivity contribution is -0.137. The Bertz CT molecular complexity index is 777. The summed E-state index contributed by atoms with van der Waals surface area (Å²) in [6, 6.07) is 10.3. The van der Waals surface area contributed by atoms with Gasteiger partial charge in [0.1, 0.15) is 0 Å². The zero-order valence-electron chi connectivity index (χ0n) is 10.0. The lowest BCUT2D eigenvalue weighted by Crippen LogP contribution is -2.04. The SMILES string of the molecule is FC(F)(F)c1cccc(-c2cc3ccc(Cl)cn3n2)c1. The Labute approximate surface area is 117 Å². The molecule has 0 saturated heterocycles. The van der Waals surface area contributed by atoms with Gasteiger partial charge in [-0.15, -0.1) is 0 Å². The second-order valence-corrected chi connectivity index (χ2v) is 4.76. The normalized spacial score (nSPS) is 12.0. The molecule has 0 amide bonds. The van der Waals surface area contributed by atoms with Crippen LogP contribution in [0.4, 0.5) is 13.2 Å². The van der Waals surface area contributed by atoms with Crippen LogP contribution in [0.3, 0.4) is 0 Å². The number of hydrogen-bond donors (Lipinski definition) is 0. The molecule has 0 bridgehead atoms. The molecule has 3 aromatic rings. The predicted octanol–water partition coefficient (Wildman–Crippen LogP) is 4.67. The molecule has 2 heterocycles. The van der Waals surface area contributed by atoms with E-state index in [4.69, 9.17) is 11.6 Å². The summed E-state index contributed by atoms with van der Waals surface area (Å²) in [5.74, 6) is 0. The maximum atomic E-state index is 12.7. The highest BCUT2D eigenvalue weighted by Crippen LogP contribution is 2.32. The average molecular weight is 297 g/mol. The summed E-state index contributed by atoms with van der Waals surface area (Å²) in [5, 5.41) is 4.74. The van der Waals surface area contributed by atoms with Crippen LogP contribution in [-0.4, -0.2) is 9.61 Å². The van der Waals surface area contributed by atoms with E-state index in [9.17, 15) is 13.2 Å². The number of nitrogens with zero attached hydrogens (tertiary/aromatic N) is 2. The van der Waals surface area contributed by atoms with Crippen LogP contribution in [0.25, 0.3) is 16.8 Å². The minimum atomic E-state index is -4.36. The number of benzene rings is 1. The van der Waals surface area contributed by atoms with Crippen molar-refractivity contribution >= 4 is 17.1 Å². The summed E-state index contributed by atoms with van der Waals surface area (Å²) in [7, 11) is 0. The van der Waals surface area contributed by atoms with Crippen LogP contribution in [0.15, 0.2) is 48.7 Å². The zero-order valence-corrected chi connectivity index (χ0v) is 10.8. The maximum Gasteiger partial charge on any atom is 0.416 e. The van der Waals surface area contributed by atoms with Crippen LogP contribution in [-0.2, 0) is 6.18 Å². The molecule has 0 fully saturated rings. The molecule has 102 valence electrons. The first-order valence-electron chi connectivity index (χ1n) is 5.76. The highest BCUT2D eigenvalue weighted by molar-refractivity contribution is 6.30. The highest BCUT2D eigenvalue weighted by atomic mass is 35.5. The summed E-state index contributed by atoms with van der Waals surface area (Å²) >= 11 is 5.85. The quantitative estimate of drug-likeness (QED) is 0.637. The Morgan fingerprint density at radius 1 is 1.05 bits per heavy atom. The molecule has 0 radical (unpaired) electrons. The summed E-state index contributed by atoms with van der Waals surface area (Å²) in [4.78, 5) is 0. The Hall–Kier alpha value is -2.01. The minimum absolute atomic E-state index is 0.416. The number of hydrogen-bond acceptors (Lipinski definition) is 1. The molecule has 3 rings (SSSR count). The fraction of sp³-hybridized carbons (Fsp3) is 0.0714. The van der Waals surface area contributed by atoms with E-state index < -0.39 is 11.7 Å². The second kappa shape index (κ2) is 4.52. The number of fused-ring (bicyclic) bond motifs is 1. The molecular formula is C14H8ClF3N2. The first-order chi connectivity index (χ1) is 9.43. The molecule has 6 heteroatoms. The number of rotatable bonds is 1. The van der Waals surface area contributed by atoms with Crippen LogP contribution >= 0.6 is 11.6 Å². The van der Waals surface area contributed by atoms with Gasteiger partial charge in [-0.1, -0.05) is 23.7 Å². The fourth-order valence-electron chi connectivity index (χ4n) is 1.96. The Morgan fingerprint density at radius 2 is 1.85 bits per heavy atom. The molecule has 1 aromatic carbocycles. The fourth-order valence-corrected chi connectivity index (χ4v) is 2.11. The van der Waals surface area contributed by atoms with E-state index in [1.807, 2.05) is 0 Å². The Kier molecular flexibility index (Phi) is 2.94. The van der Waals surface area contributed by atoms with Gasteiger partial charge in [-0.2, -0.15) is 18.3 Å². The maximum absolute atomic E-state index is 12.7. The van der Waals surface area contributed by atoms with Gasteiger partial charge in [-0.25, -0.2) is 4.52 Å². The van der Waals surface area contributed by atoms with Gasteiger partial charge in [0.15, 0.2) is 0 Å². The van der Waals surface area contributed by atoms with Crippen LogP contribution < -0.4 is 0 Å². The van der Waals surface area contributed by atoms with Gasteiger partial charge in [0.05, 0.1) is 21.8 Å². The van der Waals surface area contributed by atoms with E-state index in [1.165, 1.54) is 10.6 Å². The molecule has 0 saturated carbocycles. The van der Waals surface area contributed by atoms with Crippen molar-refractivity contribution < 1.29 is 13.2 Å². The molecule has 0 atom stereocenters. The predicted molar refractivity (Wildman–Crippen MR) is 70.6 cm³/mol. The Balaban J connectivity index is 2.11. The van der Waals surface area contributed by atoms with Crippen molar-refractivity contribution in [3.8, 4) is 11.3 Å². The molecule has 0 unspecified atom stereocenters. The standard InChI is InChI=1S/C14H8ClF3N2/c15-11-4-5-12-7-13(19-20(12)8-11)9-2-1-3-10(6-9)14(16,17)18/h1-8H. The summed E-state index contributed by atoms with van der Waals surface area (Å²) < 4.78 is 39.6. The van der Waals surface area contributed by atoms with Crippen molar-refractivity contribution in [1.82, 2.24) is 9.61 Å². The summed E-state index contributed by atoms with van der Waals surface area (Å²) in [6.07, 6.45) is -2.76. The van der Waals surface area contributed by atoms with Crippen LogP contribution in [0, 0.1) is 0 Å². The monoisotopic (exact) mass is 296 g/mol. The summed E-state index contributed by atoms with van der Waals surface area (Å²) in [6.45, 7) is 0. The molecule has 0 aliphatic heterocycles. The topological polar surface area (TPSA) is 17.3 Å². The summed E-state index contributed by atoms with van der Waals surface area (Å²) in [5.41, 5.74) is 0.963. The van der Waals surface area contributed by atoms with Crippen molar-refractivity contribution in [2.24, 2.45) is 0 Å². The van der Waals surface area contributed by atoms with Gasteiger partial charge in [0.25, 0.3) is 0 Å². The molecule has 2 aromatic heterocycles. The molecule has 0 aliphatic carbocycles. The van der Waals surface area contributed by atoms with Gasteiger partial charge in [0, 0.05) is 11.8 Å². The van der Waals surface area contributed by atoms with E-state index >= 15 is 0 Å². The third-order valence-electron chi connectivity index (χ3n) is 2.91. The van der Waals surface area contributed by atoms with Crippen molar-refractivity contribution in [3.63, 3.8) is 0 Å². The molecule has 0 N–H and O–H groups in total. The number of halogens is 4. The third kappa shape index (κ3) is 2.36. The molecule has 0 aliphatic rings. The van der Waals surface area contributed by atoms with E-state index in [2.05, 4.69) is 5.10 Å². The smallest absolute Gasteiger partial charge is 0.239 e. The third-order valence-corrected chi connectivity index (χ3v) is 3.13. The van der Waals surface area contributed by atoms with Gasteiger partial charge < -0.3 is 0 Å². The lowest BCUT2D eigenvalue weighted by Gasteiger charge is -2.07. The number of aromatic nitrogens is 2. The number of pyridine rings is 1. The first-order valence-corrected chi connectivity index (χ1v) is 6.14. The van der Waals surface area contributed by atoms with E-state index in [0.717, 1.165) is 17.6 Å². The molecule has 20 heavy (non-hydrogen) atoms. The van der Waals surface area contributed by atoms with Crippen LogP contribution in [0.5, 0.6) is 0 Å². The zero-order chi connectivity index (χ0) is 14.3. The molecule has 0 spiro atoms. The average Bonchev–Trinajstić information content (AvgIpc) is 2.81. The lowest BCUT2D eigenvalue weighted by atomic mass is 10.1. The van der Waals surface area contributed by atoms with E-state index in [-0.39, 0.29) is 0 Å². The van der Waals surface area contributed by atoms with Crippen LogP contribution in [0.1, 0.15) is 5.56 Å². The Morgan fingerprint density at radius 3 is 2.60 bits per heavy atom. The van der Waals surface area contributed by atoms with Gasteiger partial charge >= 0.3 is 6.18 Å². The van der Waals surface area contributed by atoms with Gasteiger partial charge in [-0.3, -0.25) is 0 Å². The largest absolute Gasteiger partial charge is 0.416 e. The molecular weight excluding hydrogens is 289 g/mol. The van der Waals surface area contributed by atoms with Crippen molar-refractivity contribution in [2.75, 3.05) is 0 Å². The van der Waals surface area contributed by atoms with E-state index in [1.54, 1.807) is 30.5 Å². The van der Waals surface area contributed by atoms with E-state index in [0.29, 0.717) is 16.3 Å². The first kappa shape index (κ1) is 13.0. The van der Waals surface area contributed by atoms with Crippen LogP contribution in [0.2, 0.25) is 5.02 Å².